The van der Waals surface area contributed by atoms with Crippen LogP contribution in [0.4, 0.5) is 5.82 Å². The lowest BCUT2D eigenvalue weighted by atomic mass is 9.74. The van der Waals surface area contributed by atoms with Crippen LogP contribution in [0.25, 0.3) is 11.3 Å². The highest BCUT2D eigenvalue weighted by molar-refractivity contribution is 6.32. The fraction of sp³-hybridized carbons (Fsp3) is 0.571. The van der Waals surface area contributed by atoms with Gasteiger partial charge in [-0.3, -0.25) is 0 Å². The average Bonchev–Trinajstić information content (AvgIpc) is 3.03. The van der Waals surface area contributed by atoms with Gasteiger partial charge in [0, 0.05) is 30.4 Å². The van der Waals surface area contributed by atoms with Crippen molar-refractivity contribution in [2.45, 2.75) is 58.6 Å². The molecule has 1 aliphatic heterocycles. The summed E-state index contributed by atoms with van der Waals surface area (Å²) in [6.45, 7) is 5.48. The lowest BCUT2D eigenvalue weighted by Crippen LogP contribution is -2.47. The molecule has 0 aromatic carbocycles. The number of pyridine rings is 1. The molecule has 6 nitrogen and oxygen atoms in total. The van der Waals surface area contributed by atoms with Gasteiger partial charge in [-0.25, -0.2) is 15.0 Å². The van der Waals surface area contributed by atoms with Crippen molar-refractivity contribution < 1.29 is 5.11 Å². The monoisotopic (exact) mass is 401 g/mol. The SMILES string of the molecule is Cc1ccc(-c2nc(CO)c(N3CCC4(CCC[C@H]4N)CC3)nc2C)c(Cl)n1. The summed E-state index contributed by atoms with van der Waals surface area (Å²) in [5.41, 5.74) is 10.4. The van der Waals surface area contributed by atoms with E-state index in [-0.39, 0.29) is 6.61 Å². The van der Waals surface area contributed by atoms with Crippen molar-refractivity contribution in [2.24, 2.45) is 11.1 Å². The van der Waals surface area contributed by atoms with Crippen LogP contribution in [0.5, 0.6) is 0 Å². The summed E-state index contributed by atoms with van der Waals surface area (Å²) >= 11 is 6.34. The Hall–Kier alpha value is -1.76. The first-order valence-electron chi connectivity index (χ1n) is 10.1. The van der Waals surface area contributed by atoms with Gasteiger partial charge in [0.15, 0.2) is 5.82 Å². The van der Waals surface area contributed by atoms with Crippen molar-refractivity contribution in [2.75, 3.05) is 18.0 Å². The van der Waals surface area contributed by atoms with Crippen LogP contribution in [0.3, 0.4) is 0 Å². The Labute approximate surface area is 171 Å². The quantitative estimate of drug-likeness (QED) is 0.766. The molecular formula is C21H28ClN5O. The van der Waals surface area contributed by atoms with Gasteiger partial charge < -0.3 is 15.7 Å². The number of aryl methyl sites for hydroxylation is 2. The van der Waals surface area contributed by atoms with Gasteiger partial charge >= 0.3 is 0 Å². The Morgan fingerprint density at radius 3 is 2.54 bits per heavy atom. The number of aliphatic hydroxyl groups is 1. The van der Waals surface area contributed by atoms with E-state index in [0.29, 0.717) is 28.0 Å². The van der Waals surface area contributed by atoms with Crippen LogP contribution in [0.1, 0.15) is 49.2 Å². The summed E-state index contributed by atoms with van der Waals surface area (Å²) in [7, 11) is 0. The first kappa shape index (κ1) is 19.6. The number of nitrogens with zero attached hydrogens (tertiary/aromatic N) is 4. The fourth-order valence-electron chi connectivity index (χ4n) is 4.81. The third-order valence-electron chi connectivity index (χ3n) is 6.55. The van der Waals surface area contributed by atoms with Gasteiger partial charge in [0.2, 0.25) is 0 Å². The number of aliphatic hydroxyl groups excluding tert-OH is 1. The molecule has 28 heavy (non-hydrogen) atoms. The number of hydrogen-bond acceptors (Lipinski definition) is 6. The van der Waals surface area contributed by atoms with Crippen molar-refractivity contribution >= 4 is 17.4 Å². The summed E-state index contributed by atoms with van der Waals surface area (Å²) in [5.74, 6) is 0.779. The molecule has 1 aliphatic carbocycles. The van der Waals surface area contributed by atoms with Crippen molar-refractivity contribution in [3.05, 3.63) is 34.4 Å². The summed E-state index contributed by atoms with van der Waals surface area (Å²) < 4.78 is 0. The Kier molecular flexibility index (Phi) is 5.29. The molecule has 2 aliphatic rings. The molecule has 3 heterocycles. The van der Waals surface area contributed by atoms with Gasteiger partial charge in [-0.1, -0.05) is 18.0 Å². The van der Waals surface area contributed by atoms with E-state index >= 15 is 0 Å². The van der Waals surface area contributed by atoms with E-state index in [0.717, 1.165) is 55.1 Å². The molecule has 0 radical (unpaired) electrons. The van der Waals surface area contributed by atoms with Crippen LogP contribution in [0.15, 0.2) is 12.1 Å². The fourth-order valence-corrected chi connectivity index (χ4v) is 5.09. The minimum absolute atomic E-state index is 0.159. The lowest BCUT2D eigenvalue weighted by Gasteiger charge is -2.42. The Morgan fingerprint density at radius 1 is 1.18 bits per heavy atom. The predicted octanol–water partition coefficient (Wildman–Crippen LogP) is 3.40. The third kappa shape index (κ3) is 3.38. The number of halogens is 1. The Bertz CT molecular complexity index is 879. The second kappa shape index (κ2) is 7.58. The normalized spacial score (nSPS) is 21.5. The highest BCUT2D eigenvalue weighted by Crippen LogP contribution is 2.46. The minimum atomic E-state index is -0.159. The molecular weight excluding hydrogens is 374 g/mol. The summed E-state index contributed by atoms with van der Waals surface area (Å²) in [5, 5.41) is 10.4. The summed E-state index contributed by atoms with van der Waals surface area (Å²) in [6.07, 6.45) is 5.77. The molecule has 7 heteroatoms. The molecule has 3 N–H and O–H groups in total. The average molecular weight is 402 g/mol. The van der Waals surface area contributed by atoms with Gasteiger partial charge in [0.05, 0.1) is 18.0 Å². The highest BCUT2D eigenvalue weighted by Gasteiger charge is 2.43. The zero-order chi connectivity index (χ0) is 19.9. The molecule has 1 saturated heterocycles. The van der Waals surface area contributed by atoms with Crippen molar-refractivity contribution in [3.63, 3.8) is 0 Å². The van der Waals surface area contributed by atoms with Gasteiger partial charge in [-0.2, -0.15) is 0 Å². The number of rotatable bonds is 3. The maximum absolute atomic E-state index is 9.97. The molecule has 2 aromatic heterocycles. The van der Waals surface area contributed by atoms with Crippen LogP contribution in [0, 0.1) is 19.3 Å². The maximum atomic E-state index is 9.97. The molecule has 150 valence electrons. The minimum Gasteiger partial charge on any atom is -0.390 e. The zero-order valence-corrected chi connectivity index (χ0v) is 17.3. The number of hydrogen-bond donors (Lipinski definition) is 2. The molecule has 0 amide bonds. The van der Waals surface area contributed by atoms with Crippen molar-refractivity contribution in [3.8, 4) is 11.3 Å². The van der Waals surface area contributed by atoms with Gasteiger partial charge in [0.1, 0.15) is 10.8 Å². The van der Waals surface area contributed by atoms with Crippen LogP contribution >= 0.6 is 11.6 Å². The predicted molar refractivity (Wildman–Crippen MR) is 111 cm³/mol. The molecule has 2 aromatic rings. The second-order valence-electron chi connectivity index (χ2n) is 8.23. The highest BCUT2D eigenvalue weighted by atomic mass is 35.5. The number of aromatic nitrogens is 3. The topological polar surface area (TPSA) is 88.2 Å². The number of anilines is 1. The molecule has 1 spiro atoms. The second-order valence-corrected chi connectivity index (χ2v) is 8.58. The van der Waals surface area contributed by atoms with Crippen LogP contribution in [0.2, 0.25) is 5.15 Å². The molecule has 0 unspecified atom stereocenters. The maximum Gasteiger partial charge on any atom is 0.153 e. The Morgan fingerprint density at radius 2 is 1.93 bits per heavy atom. The lowest BCUT2D eigenvalue weighted by molar-refractivity contribution is 0.196. The zero-order valence-electron chi connectivity index (χ0n) is 16.6. The first-order valence-corrected chi connectivity index (χ1v) is 10.4. The van der Waals surface area contributed by atoms with Crippen LogP contribution < -0.4 is 10.6 Å². The van der Waals surface area contributed by atoms with E-state index in [1.54, 1.807) is 0 Å². The molecule has 1 atom stereocenters. The summed E-state index contributed by atoms with van der Waals surface area (Å²) in [6, 6.07) is 4.14. The third-order valence-corrected chi connectivity index (χ3v) is 6.84. The number of nitrogens with two attached hydrogens (primary N) is 1. The van der Waals surface area contributed by atoms with Gasteiger partial charge in [0.25, 0.3) is 0 Å². The van der Waals surface area contributed by atoms with E-state index < -0.39 is 0 Å². The smallest absolute Gasteiger partial charge is 0.153 e. The number of piperidine rings is 1. The molecule has 2 fully saturated rings. The molecule has 0 bridgehead atoms. The van der Waals surface area contributed by atoms with Crippen molar-refractivity contribution in [1.29, 1.82) is 0 Å². The largest absolute Gasteiger partial charge is 0.390 e. The van der Waals surface area contributed by atoms with Crippen LogP contribution in [-0.4, -0.2) is 39.2 Å². The van der Waals surface area contributed by atoms with E-state index in [2.05, 4.69) is 9.88 Å². The molecule has 1 saturated carbocycles. The van der Waals surface area contributed by atoms with E-state index in [4.69, 9.17) is 27.3 Å². The molecule has 4 rings (SSSR count). The first-order chi connectivity index (χ1) is 13.4. The standard InChI is InChI=1S/C21H28ClN5O/c1-13-5-6-15(19(22)24-13)18-14(2)25-20(16(12-28)26-18)27-10-8-21(9-11-27)7-3-4-17(21)23/h5-6,17,28H,3-4,7-12,23H2,1-2H3/t17-/m1/s1. The van der Waals surface area contributed by atoms with Crippen molar-refractivity contribution in [1.82, 2.24) is 15.0 Å². The van der Waals surface area contributed by atoms with Crippen LogP contribution in [-0.2, 0) is 6.61 Å². The van der Waals surface area contributed by atoms with Gasteiger partial charge in [-0.05, 0) is 57.1 Å². The summed E-state index contributed by atoms with van der Waals surface area (Å²) in [4.78, 5) is 16.1. The van der Waals surface area contributed by atoms with E-state index in [1.165, 1.54) is 12.8 Å². The van der Waals surface area contributed by atoms with Gasteiger partial charge in [-0.15, -0.1) is 0 Å². The van der Waals surface area contributed by atoms with E-state index in [9.17, 15) is 5.11 Å². The van der Waals surface area contributed by atoms with E-state index in [1.807, 2.05) is 26.0 Å². The Balaban J connectivity index is 1.63.